The fourth-order valence-electron chi connectivity index (χ4n) is 1.70. The SMILES string of the molecule is COCC(CO)NCc1cn2ccccc2n1. The Balaban J connectivity index is 1.98. The third-order valence-electron chi connectivity index (χ3n) is 2.57. The van der Waals surface area contributed by atoms with Crippen LogP contribution in [0, 0.1) is 0 Å². The second-order valence-corrected chi connectivity index (χ2v) is 3.91. The Labute approximate surface area is 100 Å². The van der Waals surface area contributed by atoms with E-state index in [9.17, 15) is 0 Å². The summed E-state index contributed by atoms with van der Waals surface area (Å²) in [5.41, 5.74) is 1.88. The predicted octanol–water partition coefficient (Wildman–Crippen LogP) is 0.431. The average molecular weight is 235 g/mol. The van der Waals surface area contributed by atoms with Crippen molar-refractivity contribution in [1.29, 1.82) is 0 Å². The highest BCUT2D eigenvalue weighted by Gasteiger charge is 2.07. The molecular weight excluding hydrogens is 218 g/mol. The summed E-state index contributed by atoms with van der Waals surface area (Å²) in [7, 11) is 1.62. The number of hydrogen-bond donors (Lipinski definition) is 2. The lowest BCUT2D eigenvalue weighted by atomic mass is 10.3. The zero-order chi connectivity index (χ0) is 12.1. The van der Waals surface area contributed by atoms with Crippen LogP contribution in [0.4, 0.5) is 0 Å². The van der Waals surface area contributed by atoms with Gasteiger partial charge in [0.15, 0.2) is 0 Å². The maximum Gasteiger partial charge on any atom is 0.137 e. The molecule has 0 aliphatic heterocycles. The first-order valence-corrected chi connectivity index (χ1v) is 5.59. The van der Waals surface area contributed by atoms with Gasteiger partial charge < -0.3 is 19.6 Å². The minimum absolute atomic E-state index is 0.0511. The second-order valence-electron chi connectivity index (χ2n) is 3.91. The van der Waals surface area contributed by atoms with Crippen molar-refractivity contribution in [3.05, 3.63) is 36.3 Å². The highest BCUT2D eigenvalue weighted by Crippen LogP contribution is 2.04. The summed E-state index contributed by atoms with van der Waals surface area (Å²) >= 11 is 0. The minimum atomic E-state index is -0.0511. The number of fused-ring (bicyclic) bond motifs is 1. The van der Waals surface area contributed by atoms with Crippen molar-refractivity contribution in [1.82, 2.24) is 14.7 Å². The van der Waals surface area contributed by atoms with Crippen LogP contribution in [0.25, 0.3) is 5.65 Å². The number of aliphatic hydroxyl groups is 1. The lowest BCUT2D eigenvalue weighted by Crippen LogP contribution is -2.35. The Morgan fingerprint density at radius 1 is 1.53 bits per heavy atom. The maximum absolute atomic E-state index is 9.11. The number of pyridine rings is 1. The van der Waals surface area contributed by atoms with Gasteiger partial charge in [-0.1, -0.05) is 6.07 Å². The average Bonchev–Trinajstić information content (AvgIpc) is 2.77. The molecule has 2 N–H and O–H groups in total. The van der Waals surface area contributed by atoms with E-state index in [0.29, 0.717) is 13.2 Å². The molecule has 0 amide bonds. The van der Waals surface area contributed by atoms with Gasteiger partial charge in [-0.05, 0) is 12.1 Å². The summed E-state index contributed by atoms with van der Waals surface area (Å²) in [5.74, 6) is 0. The van der Waals surface area contributed by atoms with Crippen molar-refractivity contribution in [2.24, 2.45) is 0 Å². The molecule has 17 heavy (non-hydrogen) atoms. The van der Waals surface area contributed by atoms with Crippen LogP contribution in [0.5, 0.6) is 0 Å². The second kappa shape index (κ2) is 5.77. The normalized spacial score (nSPS) is 13.1. The van der Waals surface area contributed by atoms with E-state index < -0.39 is 0 Å². The molecular formula is C12H17N3O2. The first kappa shape index (κ1) is 12.0. The molecule has 0 bridgehead atoms. The van der Waals surface area contributed by atoms with Crippen molar-refractivity contribution in [3.8, 4) is 0 Å². The molecule has 0 aromatic carbocycles. The van der Waals surface area contributed by atoms with Crippen molar-refractivity contribution in [3.63, 3.8) is 0 Å². The van der Waals surface area contributed by atoms with Crippen LogP contribution in [0.1, 0.15) is 5.69 Å². The molecule has 2 aromatic heterocycles. The van der Waals surface area contributed by atoms with Gasteiger partial charge in [-0.15, -0.1) is 0 Å². The summed E-state index contributed by atoms with van der Waals surface area (Å²) in [6.45, 7) is 1.17. The minimum Gasteiger partial charge on any atom is -0.395 e. The third kappa shape index (κ3) is 3.03. The van der Waals surface area contributed by atoms with Crippen LogP contribution >= 0.6 is 0 Å². The molecule has 0 fully saturated rings. The number of nitrogens with one attached hydrogen (secondary N) is 1. The Kier molecular flexibility index (Phi) is 4.08. The molecule has 0 aliphatic rings. The summed E-state index contributed by atoms with van der Waals surface area (Å²) in [6.07, 6.45) is 3.94. The van der Waals surface area contributed by atoms with E-state index in [1.807, 2.05) is 35.0 Å². The van der Waals surface area contributed by atoms with Gasteiger partial charge in [0.2, 0.25) is 0 Å². The summed E-state index contributed by atoms with van der Waals surface area (Å²) in [5, 5.41) is 12.3. The number of aromatic nitrogens is 2. The number of imidazole rings is 1. The molecule has 2 heterocycles. The Bertz CT molecular complexity index is 436. The highest BCUT2D eigenvalue weighted by atomic mass is 16.5. The zero-order valence-corrected chi connectivity index (χ0v) is 9.84. The van der Waals surface area contributed by atoms with Gasteiger partial charge in [0.1, 0.15) is 5.65 Å². The monoisotopic (exact) mass is 235 g/mol. The molecule has 0 saturated carbocycles. The molecule has 2 rings (SSSR count). The van der Waals surface area contributed by atoms with Crippen molar-refractivity contribution < 1.29 is 9.84 Å². The van der Waals surface area contributed by atoms with Crippen LogP contribution in [0.15, 0.2) is 30.6 Å². The molecule has 1 unspecified atom stereocenters. The number of aliphatic hydroxyl groups excluding tert-OH is 1. The number of ether oxygens (including phenoxy) is 1. The van der Waals surface area contributed by atoms with Crippen LogP contribution in [0.2, 0.25) is 0 Å². The molecule has 0 spiro atoms. The van der Waals surface area contributed by atoms with Crippen molar-refractivity contribution >= 4 is 5.65 Å². The lowest BCUT2D eigenvalue weighted by Gasteiger charge is -2.13. The van der Waals surface area contributed by atoms with Gasteiger partial charge in [-0.2, -0.15) is 0 Å². The van der Waals surface area contributed by atoms with E-state index in [-0.39, 0.29) is 12.6 Å². The molecule has 5 nitrogen and oxygen atoms in total. The molecule has 5 heteroatoms. The van der Waals surface area contributed by atoms with Gasteiger partial charge in [0, 0.05) is 26.0 Å². The fourth-order valence-corrected chi connectivity index (χ4v) is 1.70. The molecule has 92 valence electrons. The number of nitrogens with zero attached hydrogens (tertiary/aromatic N) is 2. The topological polar surface area (TPSA) is 58.8 Å². The summed E-state index contributed by atoms with van der Waals surface area (Å²) in [6, 6.07) is 5.83. The Hall–Kier alpha value is -1.43. The van der Waals surface area contributed by atoms with Gasteiger partial charge in [0.05, 0.1) is 24.9 Å². The van der Waals surface area contributed by atoms with E-state index in [1.54, 1.807) is 7.11 Å². The van der Waals surface area contributed by atoms with E-state index >= 15 is 0 Å². The Morgan fingerprint density at radius 2 is 2.41 bits per heavy atom. The Morgan fingerprint density at radius 3 is 3.12 bits per heavy atom. The predicted molar refractivity (Wildman–Crippen MR) is 64.8 cm³/mol. The molecule has 1 atom stereocenters. The molecule has 2 aromatic rings. The van der Waals surface area contributed by atoms with Crippen LogP contribution in [0.3, 0.4) is 0 Å². The molecule has 0 aliphatic carbocycles. The van der Waals surface area contributed by atoms with Gasteiger partial charge in [-0.3, -0.25) is 0 Å². The van der Waals surface area contributed by atoms with Gasteiger partial charge in [-0.25, -0.2) is 4.98 Å². The van der Waals surface area contributed by atoms with E-state index in [1.165, 1.54) is 0 Å². The van der Waals surface area contributed by atoms with Crippen LogP contribution < -0.4 is 5.32 Å². The number of hydrogen-bond acceptors (Lipinski definition) is 4. The van der Waals surface area contributed by atoms with E-state index in [0.717, 1.165) is 11.3 Å². The molecule has 0 saturated heterocycles. The molecule has 0 radical (unpaired) electrons. The van der Waals surface area contributed by atoms with Crippen molar-refractivity contribution in [2.75, 3.05) is 20.3 Å². The standard InChI is InChI=1S/C12H17N3O2/c1-17-9-11(8-16)13-6-10-7-15-5-3-2-4-12(15)14-10/h2-5,7,11,13,16H,6,8-9H2,1H3. The van der Waals surface area contributed by atoms with Crippen molar-refractivity contribution in [2.45, 2.75) is 12.6 Å². The maximum atomic E-state index is 9.11. The zero-order valence-electron chi connectivity index (χ0n) is 9.84. The summed E-state index contributed by atoms with van der Waals surface area (Å²) < 4.78 is 6.97. The van der Waals surface area contributed by atoms with Gasteiger partial charge in [0.25, 0.3) is 0 Å². The lowest BCUT2D eigenvalue weighted by molar-refractivity contribution is 0.128. The first-order valence-electron chi connectivity index (χ1n) is 5.59. The van der Waals surface area contributed by atoms with Gasteiger partial charge >= 0.3 is 0 Å². The first-order chi connectivity index (χ1) is 8.33. The smallest absolute Gasteiger partial charge is 0.137 e. The van der Waals surface area contributed by atoms with Crippen LogP contribution in [-0.2, 0) is 11.3 Å². The number of methoxy groups -OCH3 is 1. The van der Waals surface area contributed by atoms with E-state index in [4.69, 9.17) is 9.84 Å². The fraction of sp³-hybridized carbons (Fsp3) is 0.417. The van der Waals surface area contributed by atoms with Crippen LogP contribution in [-0.4, -0.2) is 40.9 Å². The quantitative estimate of drug-likeness (QED) is 0.762. The van der Waals surface area contributed by atoms with E-state index in [2.05, 4.69) is 10.3 Å². The largest absolute Gasteiger partial charge is 0.395 e. The highest BCUT2D eigenvalue weighted by molar-refractivity contribution is 5.39. The third-order valence-corrected chi connectivity index (χ3v) is 2.57. The number of rotatable bonds is 6. The summed E-state index contributed by atoms with van der Waals surface area (Å²) in [4.78, 5) is 4.46.